The van der Waals surface area contributed by atoms with Crippen molar-refractivity contribution in [1.29, 1.82) is 0 Å². The Balaban J connectivity index is 2.86. The van der Waals surface area contributed by atoms with Gasteiger partial charge >= 0.3 is 0 Å². The van der Waals surface area contributed by atoms with Gasteiger partial charge in [-0.3, -0.25) is 0 Å². The third kappa shape index (κ3) is 1.17. The highest BCUT2D eigenvalue weighted by molar-refractivity contribution is 9.10. The predicted octanol–water partition coefficient (Wildman–Crippen LogP) is 1.83. The Kier molecular flexibility index (Phi) is 1.66. The van der Waals surface area contributed by atoms with Crippen LogP contribution in [-0.4, -0.2) is 14.5 Å². The molecule has 0 fully saturated rings. The quantitative estimate of drug-likeness (QED) is 0.646. The van der Waals surface area contributed by atoms with E-state index in [-0.39, 0.29) is 0 Å². The van der Waals surface area contributed by atoms with Crippen molar-refractivity contribution < 1.29 is 0 Å². The number of fused-ring (bicyclic) bond motifs is 1. The second-order valence-electron chi connectivity index (χ2n) is 2.16. The minimum atomic E-state index is 0.873. The Hall–Kier alpha value is -0.470. The molecule has 2 aromatic heterocycles. The van der Waals surface area contributed by atoms with E-state index in [0.29, 0.717) is 0 Å². The molecule has 0 saturated heterocycles. The Labute approximate surface area is 74.2 Å². The molecule has 0 spiro atoms. The summed E-state index contributed by atoms with van der Waals surface area (Å²) in [7, 11) is 2.47. The third-order valence-electron chi connectivity index (χ3n) is 1.40. The van der Waals surface area contributed by atoms with Gasteiger partial charge in [-0.2, -0.15) is 5.10 Å². The molecule has 0 aliphatic rings. The van der Waals surface area contributed by atoms with Crippen LogP contribution in [0.2, 0.25) is 0 Å². The Morgan fingerprint density at radius 2 is 2.27 bits per heavy atom. The first kappa shape index (κ1) is 7.19. The zero-order chi connectivity index (χ0) is 7.84. The lowest BCUT2D eigenvalue weighted by Crippen LogP contribution is -1.82. The van der Waals surface area contributed by atoms with Gasteiger partial charge < -0.3 is 0 Å². The van der Waals surface area contributed by atoms with Crippen molar-refractivity contribution in [1.82, 2.24) is 14.5 Å². The van der Waals surface area contributed by atoms with Gasteiger partial charge in [-0.25, -0.2) is 9.44 Å². The van der Waals surface area contributed by atoms with Crippen molar-refractivity contribution in [3.63, 3.8) is 0 Å². The fraction of sp³-hybridized carbons (Fsp3) is 0. The summed E-state index contributed by atoms with van der Waals surface area (Å²) in [6, 6.07) is 1.98. The summed E-state index contributed by atoms with van der Waals surface area (Å²) >= 11 is 3.34. The van der Waals surface area contributed by atoms with Crippen LogP contribution in [0.4, 0.5) is 0 Å². The summed E-state index contributed by atoms with van der Waals surface area (Å²) in [4.78, 5) is 4.17. The normalized spacial score (nSPS) is 10.7. The Morgan fingerprint density at radius 1 is 1.45 bits per heavy atom. The number of nitrogens with zero attached hydrogens (tertiary/aromatic N) is 3. The van der Waals surface area contributed by atoms with E-state index in [1.54, 1.807) is 16.8 Å². The highest BCUT2D eigenvalue weighted by atomic mass is 79.9. The summed E-state index contributed by atoms with van der Waals surface area (Å²) in [5, 5.41) is 5.07. The average molecular weight is 230 g/mol. The van der Waals surface area contributed by atoms with Crippen LogP contribution >= 0.6 is 25.3 Å². The molecule has 0 bridgehead atoms. The van der Waals surface area contributed by atoms with E-state index < -0.39 is 0 Å². The van der Waals surface area contributed by atoms with Crippen molar-refractivity contribution in [2.45, 2.75) is 0 Å². The van der Waals surface area contributed by atoms with Gasteiger partial charge in [0.2, 0.25) is 0 Å². The van der Waals surface area contributed by atoms with Crippen LogP contribution in [0.5, 0.6) is 0 Å². The molecule has 2 rings (SSSR count). The van der Waals surface area contributed by atoms with Crippen LogP contribution in [0.25, 0.3) is 11.0 Å². The summed E-state index contributed by atoms with van der Waals surface area (Å²) in [6.45, 7) is 0. The maximum absolute atomic E-state index is 4.17. The lowest BCUT2D eigenvalue weighted by molar-refractivity contribution is 1.02. The molecule has 5 heteroatoms. The Bertz CT molecular complexity index is 398. The van der Waals surface area contributed by atoms with Gasteiger partial charge in [0.05, 0.1) is 6.20 Å². The van der Waals surface area contributed by atoms with Crippen molar-refractivity contribution in [3.8, 4) is 0 Å². The first-order valence-electron chi connectivity index (χ1n) is 3.02. The topological polar surface area (TPSA) is 30.7 Å². The molecule has 0 radical (unpaired) electrons. The van der Waals surface area contributed by atoms with Gasteiger partial charge in [0.1, 0.15) is 0 Å². The van der Waals surface area contributed by atoms with Gasteiger partial charge in [-0.05, 0) is 31.4 Å². The maximum Gasteiger partial charge on any atom is 0.160 e. The smallest absolute Gasteiger partial charge is 0.160 e. The molecular formula is C6H5BrN3P. The van der Waals surface area contributed by atoms with Crippen LogP contribution in [0, 0.1) is 0 Å². The molecule has 1 unspecified atom stereocenters. The summed E-state index contributed by atoms with van der Waals surface area (Å²) in [5.41, 5.74) is 0.873. The molecule has 0 aliphatic heterocycles. The van der Waals surface area contributed by atoms with E-state index in [9.17, 15) is 0 Å². The molecule has 0 amide bonds. The summed E-state index contributed by atoms with van der Waals surface area (Å²) < 4.78 is 2.64. The van der Waals surface area contributed by atoms with Gasteiger partial charge in [0, 0.05) is 16.1 Å². The molecule has 56 valence electrons. The molecule has 2 aromatic rings. The van der Waals surface area contributed by atoms with E-state index in [0.717, 1.165) is 15.5 Å². The largest absolute Gasteiger partial charge is 0.235 e. The Morgan fingerprint density at radius 3 is 3.09 bits per heavy atom. The molecule has 2 heterocycles. The predicted molar refractivity (Wildman–Crippen MR) is 50.3 cm³/mol. The molecule has 11 heavy (non-hydrogen) atoms. The van der Waals surface area contributed by atoms with Crippen LogP contribution in [0.15, 0.2) is 22.9 Å². The number of hydrogen-bond donors (Lipinski definition) is 0. The number of hydrogen-bond acceptors (Lipinski definition) is 2. The maximum atomic E-state index is 4.17. The monoisotopic (exact) mass is 229 g/mol. The van der Waals surface area contributed by atoms with E-state index >= 15 is 0 Å². The standard InChI is InChI=1S/C6H5BrN3P/c7-5-1-4-2-9-10(11)6(4)8-3-5/h1-3H,11H2. The van der Waals surface area contributed by atoms with Crippen molar-refractivity contribution in [2.75, 3.05) is 0 Å². The third-order valence-corrected chi connectivity index (χ3v) is 2.21. The molecule has 0 N–H and O–H groups in total. The van der Waals surface area contributed by atoms with Crippen LogP contribution in [0.3, 0.4) is 0 Å². The highest BCUT2D eigenvalue weighted by Crippen LogP contribution is 2.17. The zero-order valence-corrected chi connectivity index (χ0v) is 8.27. The van der Waals surface area contributed by atoms with E-state index in [4.69, 9.17) is 0 Å². The summed E-state index contributed by atoms with van der Waals surface area (Å²) in [6.07, 6.45) is 3.53. The van der Waals surface area contributed by atoms with Crippen molar-refractivity contribution in [2.24, 2.45) is 0 Å². The van der Waals surface area contributed by atoms with Crippen molar-refractivity contribution >= 4 is 36.4 Å². The van der Waals surface area contributed by atoms with Crippen molar-refractivity contribution in [3.05, 3.63) is 22.9 Å². The first-order valence-corrected chi connectivity index (χ1v) is 4.32. The minimum absolute atomic E-state index is 0.873. The molecule has 3 nitrogen and oxygen atoms in total. The van der Waals surface area contributed by atoms with E-state index in [2.05, 4.69) is 35.4 Å². The number of pyridine rings is 1. The summed E-state index contributed by atoms with van der Waals surface area (Å²) in [5.74, 6) is 0. The van der Waals surface area contributed by atoms with Gasteiger partial charge in [-0.1, -0.05) is 0 Å². The highest BCUT2D eigenvalue weighted by Gasteiger charge is 1.99. The van der Waals surface area contributed by atoms with Gasteiger partial charge in [-0.15, -0.1) is 0 Å². The molecule has 0 aliphatic carbocycles. The second-order valence-corrected chi connectivity index (χ2v) is 3.56. The van der Waals surface area contributed by atoms with Crippen LogP contribution in [-0.2, 0) is 0 Å². The number of halogens is 1. The lowest BCUT2D eigenvalue weighted by Gasteiger charge is -1.91. The second kappa shape index (κ2) is 2.54. The SMILES string of the molecule is Pn1ncc2cc(Br)cnc21. The fourth-order valence-electron chi connectivity index (χ4n) is 0.913. The van der Waals surface area contributed by atoms with Gasteiger partial charge in [0.25, 0.3) is 0 Å². The molecule has 0 aromatic carbocycles. The van der Waals surface area contributed by atoms with Crippen LogP contribution in [0.1, 0.15) is 0 Å². The van der Waals surface area contributed by atoms with E-state index in [1.807, 2.05) is 6.07 Å². The molecule has 1 atom stereocenters. The molecule has 0 saturated carbocycles. The first-order chi connectivity index (χ1) is 5.27. The number of aromatic nitrogens is 3. The average Bonchev–Trinajstić information content (AvgIpc) is 2.32. The minimum Gasteiger partial charge on any atom is -0.235 e. The fourth-order valence-corrected chi connectivity index (χ4v) is 1.54. The van der Waals surface area contributed by atoms with Gasteiger partial charge in [0.15, 0.2) is 5.65 Å². The van der Waals surface area contributed by atoms with Crippen LogP contribution < -0.4 is 0 Å². The van der Waals surface area contributed by atoms with E-state index in [1.165, 1.54) is 0 Å². The number of rotatable bonds is 0. The lowest BCUT2D eigenvalue weighted by atomic mass is 10.4. The zero-order valence-electron chi connectivity index (χ0n) is 5.53. The molecular weight excluding hydrogens is 225 g/mol.